The van der Waals surface area contributed by atoms with Gasteiger partial charge in [0.1, 0.15) is 0 Å². The van der Waals surface area contributed by atoms with Crippen molar-refractivity contribution in [2.75, 3.05) is 0 Å². The fraction of sp³-hybridized carbons (Fsp3) is 0.235. The maximum Gasteiger partial charge on any atom is 0.0468 e. The molecule has 0 unspecified atom stereocenters. The predicted molar refractivity (Wildman–Crippen MR) is 156 cm³/mol. The van der Waals surface area contributed by atoms with Gasteiger partial charge in [-0.05, 0) is 60.4 Å². The molecule has 2 N–H and O–H groups in total. The van der Waals surface area contributed by atoms with Crippen LogP contribution < -0.4 is 0 Å². The molecule has 4 aromatic carbocycles. The van der Waals surface area contributed by atoms with Gasteiger partial charge in [-0.2, -0.15) is 0 Å². The molecule has 0 aliphatic heterocycles. The Balaban J connectivity index is 0.000000562. The third-order valence-corrected chi connectivity index (χ3v) is 8.27. The third kappa shape index (κ3) is 2.97. The van der Waals surface area contributed by atoms with E-state index in [1.165, 1.54) is 65.9 Å². The van der Waals surface area contributed by atoms with E-state index in [0.29, 0.717) is 0 Å². The van der Waals surface area contributed by atoms with Crippen LogP contribution in [0.4, 0.5) is 0 Å². The third-order valence-electron chi connectivity index (χ3n) is 8.27. The quantitative estimate of drug-likeness (QED) is 0.207. The number of aromatic nitrogens is 2. The Morgan fingerprint density at radius 1 is 0.500 bits per heavy atom. The van der Waals surface area contributed by atoms with Crippen molar-refractivity contribution in [3.63, 3.8) is 0 Å². The number of para-hydroxylation sites is 2. The van der Waals surface area contributed by atoms with E-state index < -0.39 is 0 Å². The minimum Gasteiger partial charge on any atom is -0.355 e. The van der Waals surface area contributed by atoms with Crippen LogP contribution in [0.25, 0.3) is 43.6 Å². The normalized spacial score (nSPS) is 15.8. The fourth-order valence-corrected chi connectivity index (χ4v) is 6.49. The average molecular weight is 471 g/mol. The first kappa shape index (κ1) is 22.7. The number of H-pyrrole nitrogens is 2. The molecule has 2 aromatic heterocycles. The summed E-state index contributed by atoms with van der Waals surface area (Å²) in [5.41, 5.74) is 10.4. The van der Waals surface area contributed by atoms with Crippen LogP contribution >= 0.6 is 0 Å². The van der Waals surface area contributed by atoms with E-state index in [-0.39, 0.29) is 10.8 Å². The summed E-state index contributed by atoms with van der Waals surface area (Å²) < 4.78 is 0. The van der Waals surface area contributed by atoms with Crippen LogP contribution in [-0.4, -0.2) is 9.97 Å². The number of rotatable bonds is 0. The molecule has 0 fully saturated rings. The van der Waals surface area contributed by atoms with Crippen molar-refractivity contribution < 1.29 is 0 Å². The van der Waals surface area contributed by atoms with Gasteiger partial charge in [0, 0.05) is 54.4 Å². The maximum atomic E-state index is 3.66. The van der Waals surface area contributed by atoms with Crippen molar-refractivity contribution in [3.8, 4) is 0 Å². The molecule has 2 heterocycles. The molecule has 0 radical (unpaired) electrons. The number of fused-ring (bicyclic) bond motifs is 10. The molecule has 0 bridgehead atoms. The molecule has 6 aromatic rings. The summed E-state index contributed by atoms with van der Waals surface area (Å²) in [6.45, 7) is 13.6. The van der Waals surface area contributed by atoms with E-state index >= 15 is 0 Å². The molecule has 0 atom stereocenters. The van der Waals surface area contributed by atoms with Gasteiger partial charge in [0.25, 0.3) is 0 Å². The van der Waals surface area contributed by atoms with Gasteiger partial charge in [0.05, 0.1) is 0 Å². The van der Waals surface area contributed by atoms with Crippen LogP contribution in [-0.2, 0) is 10.8 Å². The second-order valence-electron chi connectivity index (χ2n) is 11.1. The Hall–Kier alpha value is -3.78. The summed E-state index contributed by atoms with van der Waals surface area (Å²) in [4.78, 5) is 7.32. The Kier molecular flexibility index (Phi) is 4.95. The Morgan fingerprint density at radius 2 is 0.889 bits per heavy atom. The van der Waals surface area contributed by atoms with Gasteiger partial charge in [-0.15, -0.1) is 0 Å². The van der Waals surface area contributed by atoms with Crippen LogP contribution in [0.2, 0.25) is 0 Å². The number of hydrogen-bond donors (Lipinski definition) is 2. The van der Waals surface area contributed by atoms with Crippen LogP contribution in [0.15, 0.2) is 84.9 Å². The molecular formula is C34H34N2. The molecule has 2 nitrogen and oxygen atoms in total. The summed E-state index contributed by atoms with van der Waals surface area (Å²) in [6, 6.07) is 26.7. The minimum absolute atomic E-state index is 0.114. The summed E-state index contributed by atoms with van der Waals surface area (Å²) in [5.74, 6) is 0. The van der Waals surface area contributed by atoms with Gasteiger partial charge < -0.3 is 9.97 Å². The van der Waals surface area contributed by atoms with Crippen LogP contribution in [0, 0.1) is 0 Å². The number of allylic oxidation sites excluding steroid dienone is 2. The molecule has 2 heteroatoms. The minimum atomic E-state index is -0.114. The van der Waals surface area contributed by atoms with E-state index in [1.807, 2.05) is 26.0 Å². The molecule has 0 spiro atoms. The van der Waals surface area contributed by atoms with Gasteiger partial charge in [-0.25, -0.2) is 0 Å². The highest BCUT2D eigenvalue weighted by atomic mass is 14.7. The molecule has 0 saturated carbocycles. The summed E-state index contributed by atoms with van der Waals surface area (Å²) in [5, 5.41) is 5.39. The molecule has 0 saturated heterocycles. The van der Waals surface area contributed by atoms with E-state index in [2.05, 4.69) is 110 Å². The lowest BCUT2D eigenvalue weighted by Gasteiger charge is -2.44. The second kappa shape index (κ2) is 7.86. The Bertz CT molecular complexity index is 1670. The lowest BCUT2D eigenvalue weighted by atomic mass is 9.58. The Morgan fingerprint density at radius 3 is 1.28 bits per heavy atom. The van der Waals surface area contributed by atoms with Crippen molar-refractivity contribution in [1.29, 1.82) is 0 Å². The van der Waals surface area contributed by atoms with E-state index in [4.69, 9.17) is 0 Å². The molecule has 180 valence electrons. The number of benzene rings is 4. The Labute approximate surface area is 213 Å². The largest absolute Gasteiger partial charge is 0.355 e. The molecule has 1 aliphatic carbocycles. The summed E-state index contributed by atoms with van der Waals surface area (Å²) >= 11 is 0. The van der Waals surface area contributed by atoms with E-state index in [1.54, 1.807) is 0 Å². The highest BCUT2D eigenvalue weighted by Gasteiger charge is 2.44. The molecule has 36 heavy (non-hydrogen) atoms. The lowest BCUT2D eigenvalue weighted by molar-refractivity contribution is 0.530. The van der Waals surface area contributed by atoms with Gasteiger partial charge in [-0.1, -0.05) is 88.4 Å². The first-order valence-corrected chi connectivity index (χ1v) is 13.0. The standard InChI is InChI=1S/C30H26N2.C4H8/c1-29(2)19-13-15-24-26(18-10-6-8-12-22(18)32-24)28(19)30(3,4)20-14-16-23-25(27(20)29)17-9-5-7-11-21(17)31-23;1-3-4-2/h5-16,31-32H,1-4H3;3-4H,1-2H3/b;4-3-. The molecular weight excluding hydrogens is 436 g/mol. The van der Waals surface area contributed by atoms with Gasteiger partial charge in [0.15, 0.2) is 0 Å². The number of hydrogen-bond acceptors (Lipinski definition) is 0. The molecule has 0 amide bonds. The lowest BCUT2D eigenvalue weighted by Crippen LogP contribution is -2.36. The maximum absolute atomic E-state index is 3.66. The summed E-state index contributed by atoms with van der Waals surface area (Å²) in [6.07, 6.45) is 4.00. The zero-order valence-electron chi connectivity index (χ0n) is 22.1. The zero-order valence-corrected chi connectivity index (χ0v) is 22.1. The summed E-state index contributed by atoms with van der Waals surface area (Å²) in [7, 11) is 0. The van der Waals surface area contributed by atoms with E-state index in [9.17, 15) is 0 Å². The SMILES string of the molecule is C/C=C\C.CC1(C)c2ccc3[nH]c4ccccc4c3c2C(C)(C)c2ccc3[nH]c4ccccc4c3c21. The monoisotopic (exact) mass is 470 g/mol. The van der Waals surface area contributed by atoms with Crippen molar-refractivity contribution in [2.45, 2.75) is 52.4 Å². The topological polar surface area (TPSA) is 31.6 Å². The molecule has 1 aliphatic rings. The van der Waals surface area contributed by atoms with Crippen molar-refractivity contribution >= 4 is 43.6 Å². The zero-order chi connectivity index (χ0) is 25.2. The smallest absolute Gasteiger partial charge is 0.0468 e. The van der Waals surface area contributed by atoms with Gasteiger partial charge in [-0.3, -0.25) is 0 Å². The predicted octanol–water partition coefficient (Wildman–Crippen LogP) is 9.50. The van der Waals surface area contributed by atoms with Crippen LogP contribution in [0.1, 0.15) is 63.8 Å². The number of aromatic amines is 2. The van der Waals surface area contributed by atoms with Crippen LogP contribution in [0.5, 0.6) is 0 Å². The second-order valence-corrected chi connectivity index (χ2v) is 11.1. The first-order valence-electron chi connectivity index (χ1n) is 13.0. The van der Waals surface area contributed by atoms with Crippen molar-refractivity contribution in [1.82, 2.24) is 9.97 Å². The highest BCUT2D eigenvalue weighted by Crippen LogP contribution is 2.55. The average Bonchev–Trinajstić information content (AvgIpc) is 3.45. The van der Waals surface area contributed by atoms with Crippen LogP contribution in [0.3, 0.4) is 0 Å². The highest BCUT2D eigenvalue weighted by molar-refractivity contribution is 6.13. The van der Waals surface area contributed by atoms with Gasteiger partial charge >= 0.3 is 0 Å². The van der Waals surface area contributed by atoms with Crippen molar-refractivity contribution in [3.05, 3.63) is 107 Å². The molecule has 7 rings (SSSR count). The number of nitrogens with one attached hydrogen (secondary N) is 2. The first-order chi connectivity index (χ1) is 17.3. The van der Waals surface area contributed by atoms with E-state index in [0.717, 1.165) is 0 Å². The van der Waals surface area contributed by atoms with Gasteiger partial charge in [0.2, 0.25) is 0 Å². The fourth-order valence-electron chi connectivity index (χ4n) is 6.49. The van der Waals surface area contributed by atoms with Crippen molar-refractivity contribution in [2.24, 2.45) is 0 Å².